The van der Waals surface area contributed by atoms with E-state index in [4.69, 9.17) is 9.47 Å². The second kappa shape index (κ2) is 9.48. The predicted molar refractivity (Wildman–Crippen MR) is 109 cm³/mol. The Bertz CT molecular complexity index is 868. The zero-order valence-electron chi connectivity index (χ0n) is 15.9. The molecular weight excluding hydrogens is 378 g/mol. The van der Waals surface area contributed by atoms with Crippen LogP contribution < -0.4 is 10.1 Å². The van der Waals surface area contributed by atoms with Gasteiger partial charge in [-0.1, -0.05) is 17.7 Å². The lowest BCUT2D eigenvalue weighted by Gasteiger charge is -2.26. The number of amides is 2. The zero-order chi connectivity index (χ0) is 19.9. The van der Waals surface area contributed by atoms with Gasteiger partial charge in [0.2, 0.25) is 5.91 Å². The molecule has 148 valence electrons. The minimum absolute atomic E-state index is 0.0364. The van der Waals surface area contributed by atoms with Crippen molar-refractivity contribution in [2.24, 2.45) is 0 Å². The number of anilines is 1. The number of hydrogen-bond acceptors (Lipinski definition) is 6. The van der Waals surface area contributed by atoms with E-state index in [1.54, 1.807) is 4.90 Å². The van der Waals surface area contributed by atoms with Crippen molar-refractivity contribution in [3.05, 3.63) is 41.3 Å². The summed E-state index contributed by atoms with van der Waals surface area (Å²) < 4.78 is 11.1. The van der Waals surface area contributed by atoms with E-state index in [0.717, 1.165) is 11.1 Å². The molecule has 3 rings (SSSR count). The number of carbonyl (C=O) groups is 2. The number of morpholine rings is 1. The highest BCUT2D eigenvalue weighted by Gasteiger charge is 2.18. The standard InChI is InChI=1S/C20H23N3O4S/c1-14(2)11-18(24)22-20-21-16(13-28-20)15-5-3-4-6-17(15)27-12-19(25)23-7-9-26-10-8-23/h3-6,11,13H,7-10,12H2,1-2H3,(H,21,22,24). The number of ether oxygens (including phenoxy) is 2. The highest BCUT2D eigenvalue weighted by Crippen LogP contribution is 2.32. The largest absolute Gasteiger partial charge is 0.483 e. The average Bonchev–Trinajstić information content (AvgIpc) is 3.14. The van der Waals surface area contributed by atoms with Crippen LogP contribution in [0.5, 0.6) is 5.75 Å². The Morgan fingerprint density at radius 1 is 1.29 bits per heavy atom. The molecule has 0 unspecified atom stereocenters. The van der Waals surface area contributed by atoms with Crippen molar-refractivity contribution >= 4 is 28.3 Å². The lowest BCUT2D eigenvalue weighted by molar-refractivity contribution is -0.137. The molecule has 0 atom stereocenters. The molecule has 1 aliphatic heterocycles. The molecule has 0 radical (unpaired) electrons. The van der Waals surface area contributed by atoms with Crippen LogP contribution in [0.4, 0.5) is 5.13 Å². The van der Waals surface area contributed by atoms with Crippen LogP contribution in [0.2, 0.25) is 0 Å². The molecule has 0 saturated carbocycles. The number of thiazole rings is 1. The van der Waals surface area contributed by atoms with Crippen molar-refractivity contribution in [1.29, 1.82) is 0 Å². The molecule has 1 saturated heterocycles. The second-order valence-electron chi connectivity index (χ2n) is 6.53. The number of hydrogen-bond donors (Lipinski definition) is 1. The summed E-state index contributed by atoms with van der Waals surface area (Å²) in [4.78, 5) is 30.4. The van der Waals surface area contributed by atoms with Gasteiger partial charge in [0.25, 0.3) is 5.91 Å². The Kier molecular flexibility index (Phi) is 6.78. The molecule has 1 N–H and O–H groups in total. The molecule has 1 aromatic carbocycles. The maximum Gasteiger partial charge on any atom is 0.260 e. The number of nitrogens with zero attached hydrogens (tertiary/aromatic N) is 2. The molecule has 8 heteroatoms. The molecule has 0 spiro atoms. The predicted octanol–water partition coefficient (Wildman–Crippen LogP) is 2.95. The Morgan fingerprint density at radius 3 is 2.79 bits per heavy atom. The monoisotopic (exact) mass is 401 g/mol. The molecule has 0 bridgehead atoms. The maximum absolute atomic E-state index is 12.3. The summed E-state index contributed by atoms with van der Waals surface area (Å²) in [7, 11) is 0. The first-order chi connectivity index (χ1) is 13.5. The molecule has 28 heavy (non-hydrogen) atoms. The third-order valence-electron chi connectivity index (χ3n) is 4.03. The highest BCUT2D eigenvalue weighted by molar-refractivity contribution is 7.14. The number of benzene rings is 1. The third-order valence-corrected chi connectivity index (χ3v) is 4.79. The van der Waals surface area contributed by atoms with E-state index in [1.165, 1.54) is 17.4 Å². The summed E-state index contributed by atoms with van der Waals surface area (Å²) in [6, 6.07) is 7.42. The van der Waals surface area contributed by atoms with E-state index in [-0.39, 0.29) is 18.4 Å². The van der Waals surface area contributed by atoms with Crippen LogP contribution in [0, 0.1) is 0 Å². The van der Waals surface area contributed by atoms with Gasteiger partial charge in [0.1, 0.15) is 5.75 Å². The fraction of sp³-hybridized carbons (Fsp3) is 0.350. The van der Waals surface area contributed by atoms with Gasteiger partial charge < -0.3 is 14.4 Å². The fourth-order valence-corrected chi connectivity index (χ4v) is 3.42. The SMILES string of the molecule is CC(C)=CC(=O)Nc1nc(-c2ccccc2OCC(=O)N2CCOCC2)cs1. The summed E-state index contributed by atoms with van der Waals surface area (Å²) in [5, 5.41) is 5.12. The Hall–Kier alpha value is -2.71. The van der Waals surface area contributed by atoms with Crippen molar-refractivity contribution in [3.63, 3.8) is 0 Å². The number of rotatable bonds is 6. The van der Waals surface area contributed by atoms with Crippen LogP contribution in [-0.2, 0) is 14.3 Å². The minimum atomic E-state index is -0.207. The van der Waals surface area contributed by atoms with E-state index in [2.05, 4.69) is 10.3 Å². The van der Waals surface area contributed by atoms with E-state index >= 15 is 0 Å². The fourth-order valence-electron chi connectivity index (χ4n) is 2.71. The quantitative estimate of drug-likeness (QED) is 0.753. The molecule has 1 fully saturated rings. The van der Waals surface area contributed by atoms with Crippen molar-refractivity contribution < 1.29 is 19.1 Å². The molecule has 1 aliphatic rings. The molecule has 7 nitrogen and oxygen atoms in total. The normalized spacial score (nSPS) is 13.7. The Labute approximate surface area is 168 Å². The molecule has 2 amide bonds. The van der Waals surface area contributed by atoms with Gasteiger partial charge in [-0.15, -0.1) is 11.3 Å². The number of carbonyl (C=O) groups excluding carboxylic acids is 2. The minimum Gasteiger partial charge on any atom is -0.483 e. The van der Waals surface area contributed by atoms with E-state index < -0.39 is 0 Å². The van der Waals surface area contributed by atoms with Crippen LogP contribution in [0.15, 0.2) is 41.3 Å². The first kappa shape index (κ1) is 20.0. The van der Waals surface area contributed by atoms with Crippen molar-refractivity contribution in [3.8, 4) is 17.0 Å². The lowest BCUT2D eigenvalue weighted by atomic mass is 10.1. The van der Waals surface area contributed by atoms with Crippen molar-refractivity contribution in [1.82, 2.24) is 9.88 Å². The average molecular weight is 401 g/mol. The van der Waals surface area contributed by atoms with Gasteiger partial charge in [0, 0.05) is 30.1 Å². The smallest absolute Gasteiger partial charge is 0.260 e. The van der Waals surface area contributed by atoms with Gasteiger partial charge in [-0.3, -0.25) is 14.9 Å². The molecule has 2 heterocycles. The number of allylic oxidation sites excluding steroid dienone is 1. The van der Waals surface area contributed by atoms with Gasteiger partial charge in [-0.2, -0.15) is 0 Å². The topological polar surface area (TPSA) is 80.8 Å². The van der Waals surface area contributed by atoms with Gasteiger partial charge >= 0.3 is 0 Å². The number of para-hydroxylation sites is 1. The van der Waals surface area contributed by atoms with Crippen molar-refractivity contribution in [2.75, 3.05) is 38.2 Å². The number of aromatic nitrogens is 1. The van der Waals surface area contributed by atoms with E-state index in [0.29, 0.717) is 42.9 Å². The van der Waals surface area contributed by atoms with E-state index in [1.807, 2.05) is 43.5 Å². The summed E-state index contributed by atoms with van der Waals surface area (Å²) in [6.07, 6.45) is 1.52. The maximum atomic E-state index is 12.3. The van der Waals surface area contributed by atoms with Crippen LogP contribution in [-0.4, -0.2) is 54.6 Å². The van der Waals surface area contributed by atoms with Crippen LogP contribution >= 0.6 is 11.3 Å². The van der Waals surface area contributed by atoms with Crippen LogP contribution in [0.25, 0.3) is 11.3 Å². The van der Waals surface area contributed by atoms with Crippen LogP contribution in [0.1, 0.15) is 13.8 Å². The number of nitrogens with one attached hydrogen (secondary N) is 1. The summed E-state index contributed by atoms with van der Waals surface area (Å²) >= 11 is 1.34. The van der Waals surface area contributed by atoms with Gasteiger partial charge in [-0.25, -0.2) is 4.98 Å². The van der Waals surface area contributed by atoms with Gasteiger partial charge in [0.05, 0.1) is 18.9 Å². The first-order valence-electron chi connectivity index (χ1n) is 9.02. The molecular formula is C20H23N3O4S. The second-order valence-corrected chi connectivity index (χ2v) is 7.38. The van der Waals surface area contributed by atoms with Gasteiger partial charge in [-0.05, 0) is 26.0 Å². The molecule has 1 aromatic heterocycles. The Balaban J connectivity index is 1.67. The summed E-state index contributed by atoms with van der Waals surface area (Å²) in [5.41, 5.74) is 2.38. The van der Waals surface area contributed by atoms with E-state index in [9.17, 15) is 9.59 Å². The highest BCUT2D eigenvalue weighted by atomic mass is 32.1. The zero-order valence-corrected chi connectivity index (χ0v) is 16.8. The van der Waals surface area contributed by atoms with Crippen LogP contribution in [0.3, 0.4) is 0 Å². The molecule has 2 aromatic rings. The van der Waals surface area contributed by atoms with Crippen molar-refractivity contribution in [2.45, 2.75) is 13.8 Å². The first-order valence-corrected chi connectivity index (χ1v) is 9.90. The Morgan fingerprint density at radius 2 is 2.04 bits per heavy atom. The lowest BCUT2D eigenvalue weighted by Crippen LogP contribution is -2.43. The summed E-state index contributed by atoms with van der Waals surface area (Å²) in [6.45, 7) is 5.97. The van der Waals surface area contributed by atoms with Gasteiger partial charge in [0.15, 0.2) is 11.7 Å². The third kappa shape index (κ3) is 5.40. The molecule has 0 aliphatic carbocycles. The summed E-state index contributed by atoms with van der Waals surface area (Å²) in [5.74, 6) is 0.309.